The summed E-state index contributed by atoms with van der Waals surface area (Å²) in [5, 5.41) is 9.01. The quantitative estimate of drug-likeness (QED) is 0.656. The Labute approximate surface area is 179 Å². The van der Waals surface area contributed by atoms with Gasteiger partial charge in [-0.25, -0.2) is 0 Å². The fraction of sp³-hybridized carbons (Fsp3) is 0.417. The lowest BCUT2D eigenvalue weighted by molar-refractivity contribution is -0.199. The monoisotopic (exact) mass is 428 g/mol. The van der Waals surface area contributed by atoms with Crippen molar-refractivity contribution in [2.24, 2.45) is 10.8 Å². The van der Waals surface area contributed by atoms with Gasteiger partial charge in [-0.1, -0.05) is 45.9 Å². The van der Waals surface area contributed by atoms with Crippen molar-refractivity contribution in [3.05, 3.63) is 64.7 Å². The predicted molar refractivity (Wildman–Crippen MR) is 108 cm³/mol. The summed E-state index contributed by atoms with van der Waals surface area (Å²) in [6, 6.07) is 12.3. The molecule has 0 atom stereocenters. The zero-order chi connectivity index (χ0) is 22.8. The van der Waals surface area contributed by atoms with Crippen molar-refractivity contribution in [2.75, 3.05) is 0 Å². The third kappa shape index (κ3) is 3.16. The molecule has 2 aromatic rings. The zero-order valence-electron chi connectivity index (χ0n) is 17.7. The summed E-state index contributed by atoms with van der Waals surface area (Å²) < 4.78 is 46.1. The number of hydrogen-bond acceptors (Lipinski definition) is 3. The maximum absolute atomic E-state index is 13.3. The van der Waals surface area contributed by atoms with Crippen molar-refractivity contribution in [1.82, 2.24) is 4.90 Å². The van der Waals surface area contributed by atoms with Crippen molar-refractivity contribution < 1.29 is 22.7 Å². The molecule has 2 aromatic carbocycles. The van der Waals surface area contributed by atoms with Crippen LogP contribution in [0.5, 0.6) is 5.75 Å². The van der Waals surface area contributed by atoms with Crippen molar-refractivity contribution in [3.8, 4) is 11.8 Å². The molecule has 1 saturated carbocycles. The van der Waals surface area contributed by atoms with E-state index >= 15 is 0 Å². The van der Waals surface area contributed by atoms with E-state index in [2.05, 4.69) is 0 Å². The Morgan fingerprint density at radius 1 is 1.10 bits per heavy atom. The number of rotatable bonds is 3. The summed E-state index contributed by atoms with van der Waals surface area (Å²) >= 11 is 0. The van der Waals surface area contributed by atoms with Crippen LogP contribution in [0, 0.1) is 22.2 Å². The first-order chi connectivity index (χ1) is 14.4. The number of carbonyl (C=O) groups is 1. The molecule has 7 heteroatoms. The molecule has 0 radical (unpaired) electrons. The third-order valence-electron chi connectivity index (χ3n) is 6.59. The first-order valence-corrected chi connectivity index (χ1v) is 10.1. The largest absolute Gasteiger partial charge is 0.489 e. The van der Waals surface area contributed by atoms with Gasteiger partial charge in [0, 0.05) is 29.0 Å². The highest BCUT2D eigenvalue weighted by Crippen LogP contribution is 2.59. The molecule has 0 N–H and O–H groups in total. The van der Waals surface area contributed by atoms with Gasteiger partial charge in [-0.15, -0.1) is 0 Å². The molecule has 1 heterocycles. The molecule has 0 bridgehead atoms. The minimum atomic E-state index is -4.65. The Bertz CT molecular complexity index is 1080. The smallest absolute Gasteiger partial charge is 0.417 e. The highest BCUT2D eigenvalue weighted by molar-refractivity contribution is 5.98. The zero-order valence-corrected chi connectivity index (χ0v) is 17.7. The highest BCUT2D eigenvalue weighted by Gasteiger charge is 2.67. The van der Waals surface area contributed by atoms with E-state index in [0.29, 0.717) is 12.1 Å². The van der Waals surface area contributed by atoms with Crippen LogP contribution in [-0.4, -0.2) is 23.0 Å². The van der Waals surface area contributed by atoms with Crippen LogP contribution in [0.3, 0.4) is 0 Å². The summed E-state index contributed by atoms with van der Waals surface area (Å²) in [7, 11) is 0. The minimum Gasteiger partial charge on any atom is -0.489 e. The van der Waals surface area contributed by atoms with Crippen LogP contribution in [0.2, 0.25) is 0 Å². The standard InChI is InChI=1S/C24H23F3N2O2/c1-22(2)20(29-13-15-7-5-6-8-17(15)19(29)30)23(3,4)21(22)31-16-10-9-14(12-28)18(11-16)24(25,26)27/h5-11,20-21H,13H2,1-4H3/t20-,21-. The number of nitrogens with zero attached hydrogens (tertiary/aromatic N) is 2. The molecule has 4 rings (SSSR count). The van der Waals surface area contributed by atoms with Crippen LogP contribution < -0.4 is 4.74 Å². The van der Waals surface area contributed by atoms with E-state index in [-0.39, 0.29) is 17.7 Å². The maximum atomic E-state index is 13.3. The van der Waals surface area contributed by atoms with Crippen LogP contribution in [0.25, 0.3) is 0 Å². The number of alkyl halides is 3. The molecule has 0 unspecified atom stereocenters. The van der Waals surface area contributed by atoms with Gasteiger partial charge in [0.05, 0.1) is 17.2 Å². The van der Waals surface area contributed by atoms with E-state index in [1.54, 1.807) is 6.07 Å². The van der Waals surface area contributed by atoms with Crippen LogP contribution in [-0.2, 0) is 12.7 Å². The van der Waals surface area contributed by atoms with E-state index in [0.717, 1.165) is 17.7 Å². The topological polar surface area (TPSA) is 53.3 Å². The number of carbonyl (C=O) groups excluding carboxylic acids is 1. The van der Waals surface area contributed by atoms with E-state index in [1.165, 1.54) is 6.07 Å². The Kier molecular flexibility index (Phi) is 4.62. The number of amides is 1. The van der Waals surface area contributed by atoms with Gasteiger partial charge in [-0.2, -0.15) is 18.4 Å². The molecule has 4 nitrogen and oxygen atoms in total. The second-order valence-electron chi connectivity index (χ2n) is 9.45. The maximum Gasteiger partial charge on any atom is 0.417 e. The molecule has 0 aromatic heterocycles. The lowest BCUT2D eigenvalue weighted by atomic mass is 9.49. The van der Waals surface area contributed by atoms with E-state index < -0.39 is 34.2 Å². The number of ether oxygens (including phenoxy) is 1. The molecule has 1 aliphatic heterocycles. The molecular weight excluding hydrogens is 405 g/mol. The van der Waals surface area contributed by atoms with Gasteiger partial charge in [-0.3, -0.25) is 4.79 Å². The summed E-state index contributed by atoms with van der Waals surface area (Å²) in [6.45, 7) is 8.39. The first kappa shape index (κ1) is 21.2. The van der Waals surface area contributed by atoms with Crippen molar-refractivity contribution in [1.29, 1.82) is 5.26 Å². The minimum absolute atomic E-state index is 0.0297. The average Bonchev–Trinajstić information content (AvgIpc) is 3.00. The number of hydrogen-bond donors (Lipinski definition) is 0. The summed E-state index contributed by atoms with van der Waals surface area (Å²) in [5.74, 6) is 0.0323. The second kappa shape index (κ2) is 6.74. The van der Waals surface area contributed by atoms with Gasteiger partial charge in [0.2, 0.25) is 0 Å². The number of halogens is 3. The molecule has 162 valence electrons. The van der Waals surface area contributed by atoms with E-state index in [1.807, 2.05) is 56.9 Å². The Morgan fingerprint density at radius 3 is 2.32 bits per heavy atom. The fourth-order valence-corrected chi connectivity index (χ4v) is 5.77. The highest BCUT2D eigenvalue weighted by atomic mass is 19.4. The lowest BCUT2D eigenvalue weighted by Gasteiger charge is -2.65. The van der Waals surface area contributed by atoms with Gasteiger partial charge in [0.15, 0.2) is 0 Å². The molecular formula is C24H23F3N2O2. The Balaban J connectivity index is 1.62. The van der Waals surface area contributed by atoms with Gasteiger partial charge in [-0.05, 0) is 29.8 Å². The Morgan fingerprint density at radius 2 is 1.74 bits per heavy atom. The molecule has 1 fully saturated rings. The van der Waals surface area contributed by atoms with Gasteiger partial charge in [0.25, 0.3) is 5.91 Å². The average molecular weight is 428 g/mol. The van der Waals surface area contributed by atoms with Crippen LogP contribution in [0.4, 0.5) is 13.2 Å². The Hall–Kier alpha value is -3.01. The van der Waals surface area contributed by atoms with Crippen molar-refractivity contribution in [2.45, 2.75) is 52.6 Å². The molecule has 1 aliphatic carbocycles. The second-order valence-corrected chi connectivity index (χ2v) is 9.45. The molecule has 0 spiro atoms. The number of fused-ring (bicyclic) bond motifs is 1. The predicted octanol–water partition coefficient (Wildman–Crippen LogP) is 5.42. The number of benzene rings is 2. The van der Waals surface area contributed by atoms with E-state index in [9.17, 15) is 18.0 Å². The first-order valence-electron chi connectivity index (χ1n) is 10.1. The fourth-order valence-electron chi connectivity index (χ4n) is 5.77. The summed E-state index contributed by atoms with van der Waals surface area (Å²) in [4.78, 5) is 14.9. The van der Waals surface area contributed by atoms with Gasteiger partial charge >= 0.3 is 6.18 Å². The van der Waals surface area contributed by atoms with Crippen LogP contribution in [0.15, 0.2) is 42.5 Å². The summed E-state index contributed by atoms with van der Waals surface area (Å²) in [6.07, 6.45) is -5.07. The molecule has 0 saturated heterocycles. The van der Waals surface area contributed by atoms with Gasteiger partial charge in [0.1, 0.15) is 11.9 Å². The normalized spacial score (nSPS) is 23.7. The lowest BCUT2D eigenvalue weighted by Crippen LogP contribution is -2.74. The van der Waals surface area contributed by atoms with Crippen molar-refractivity contribution in [3.63, 3.8) is 0 Å². The van der Waals surface area contributed by atoms with Crippen LogP contribution >= 0.6 is 0 Å². The third-order valence-corrected chi connectivity index (χ3v) is 6.59. The summed E-state index contributed by atoms with van der Waals surface area (Å²) in [5.41, 5.74) is -0.763. The number of nitriles is 1. The molecule has 2 aliphatic rings. The van der Waals surface area contributed by atoms with Crippen LogP contribution in [0.1, 0.15) is 54.7 Å². The SMILES string of the molecule is CC1(C)[C@H](Oc2ccc(C#N)c(C(F)(F)F)c2)C(C)(C)[C@H]1N1Cc2ccccc2C1=O. The molecule has 31 heavy (non-hydrogen) atoms. The van der Waals surface area contributed by atoms with Gasteiger partial charge < -0.3 is 9.64 Å². The van der Waals surface area contributed by atoms with E-state index in [4.69, 9.17) is 10.00 Å². The molecule has 1 amide bonds. The van der Waals surface area contributed by atoms with Crippen molar-refractivity contribution >= 4 is 5.91 Å².